The van der Waals surface area contributed by atoms with E-state index in [0.29, 0.717) is 19.3 Å². The minimum atomic E-state index is -1.61. The number of ether oxygens (including phenoxy) is 3. The van der Waals surface area contributed by atoms with Crippen LogP contribution in [0, 0.1) is 0 Å². The lowest BCUT2D eigenvalue weighted by molar-refractivity contribution is -0.305. The molecular weight excluding hydrogens is 1040 g/mol. The Morgan fingerprint density at radius 3 is 1.13 bits per heavy atom. The second-order valence-corrected chi connectivity index (χ2v) is 25.7. The Balaban J connectivity index is 2.53. The molecule has 0 aromatic carbocycles. The molecule has 8 unspecified atom stereocenters. The molecule has 83 heavy (non-hydrogen) atoms. The maximum absolute atomic E-state index is 13.5. The third-order valence-electron chi connectivity index (χ3n) is 17.7. The highest BCUT2D eigenvalue weighted by molar-refractivity contribution is 5.80. The number of rotatable bonds is 64. The van der Waals surface area contributed by atoms with E-state index in [9.17, 15) is 35.1 Å². The molecule has 1 aliphatic heterocycles. The predicted molar refractivity (Wildman–Crippen MR) is 348 cm³/mol. The number of carbonyl (C=O) groups is 2. The van der Waals surface area contributed by atoms with E-state index in [1.165, 1.54) is 270 Å². The first-order valence-electron chi connectivity index (χ1n) is 36.5. The number of aliphatic hydroxyl groups is 5. The molecular formula is C72H139NO10. The van der Waals surface area contributed by atoms with Gasteiger partial charge in [0.05, 0.1) is 25.4 Å². The Morgan fingerprint density at radius 2 is 0.783 bits per heavy atom. The van der Waals surface area contributed by atoms with Gasteiger partial charge in [-0.25, -0.2) is 0 Å². The molecule has 0 bridgehead atoms. The number of allylic oxidation sites excluding steroid dienone is 1. The number of esters is 1. The SMILES string of the molecule is CCCCCCCCCCC/C=C/C(O)C(COC1OC(CO)C(O)C(O)C1OC(=O)CCCCCCCCCCCCCCCCCCCCCCC)NC(=O)C(O)CCCCCCCCCCCCCCCCCCCCCCCC. The van der Waals surface area contributed by atoms with Gasteiger partial charge in [0.15, 0.2) is 12.4 Å². The van der Waals surface area contributed by atoms with Crippen LogP contribution in [0.2, 0.25) is 0 Å². The number of amides is 1. The Bertz CT molecular complexity index is 1400. The fourth-order valence-corrected chi connectivity index (χ4v) is 12.0. The normalized spacial score (nSPS) is 18.5. The quantitative estimate of drug-likeness (QED) is 0.0195. The largest absolute Gasteiger partial charge is 0.454 e. The molecule has 1 saturated heterocycles. The summed E-state index contributed by atoms with van der Waals surface area (Å²) >= 11 is 0. The average Bonchev–Trinajstić information content (AvgIpc) is 3.69. The van der Waals surface area contributed by atoms with Crippen LogP contribution in [0.15, 0.2) is 12.2 Å². The highest BCUT2D eigenvalue weighted by atomic mass is 16.7. The molecule has 0 aromatic rings. The fraction of sp³-hybridized carbons (Fsp3) is 0.944. The highest BCUT2D eigenvalue weighted by Crippen LogP contribution is 2.27. The van der Waals surface area contributed by atoms with Crippen molar-refractivity contribution < 1.29 is 49.3 Å². The molecule has 492 valence electrons. The zero-order valence-electron chi connectivity index (χ0n) is 54.9. The fourth-order valence-electron chi connectivity index (χ4n) is 12.0. The van der Waals surface area contributed by atoms with E-state index in [-0.39, 0.29) is 13.0 Å². The standard InChI is InChI=1S/C72H139NO10/c1-4-7-10-13-16-19-22-24-26-28-30-32-34-35-37-39-41-44-47-50-53-56-59-65(76)71(80)73-63(64(75)58-55-52-49-46-43-21-18-15-12-9-6-3)62-81-72-70(69(79)68(78)66(61-74)82-72)83-67(77)60-57-54-51-48-45-42-40-38-36-33-31-29-27-25-23-20-17-14-11-8-5-2/h55,58,63-66,68-70,72,74-76,78-79H,4-54,56-57,59-62H2,1-3H3,(H,73,80)/b58-55+. The molecule has 0 spiro atoms. The monoisotopic (exact) mass is 1180 g/mol. The van der Waals surface area contributed by atoms with E-state index in [1.54, 1.807) is 6.08 Å². The summed E-state index contributed by atoms with van der Waals surface area (Å²) < 4.78 is 17.7. The van der Waals surface area contributed by atoms with Gasteiger partial charge < -0.3 is 45.1 Å². The number of unbranched alkanes of at least 4 members (excludes halogenated alkanes) is 50. The van der Waals surface area contributed by atoms with Crippen molar-refractivity contribution in [3.63, 3.8) is 0 Å². The molecule has 0 aromatic heterocycles. The Kier molecular flexibility index (Phi) is 58.1. The minimum absolute atomic E-state index is 0.132. The number of carbonyl (C=O) groups excluding carboxylic acids is 2. The number of hydrogen-bond acceptors (Lipinski definition) is 10. The summed E-state index contributed by atoms with van der Waals surface area (Å²) in [6.07, 6.45) is 61.2. The van der Waals surface area contributed by atoms with Crippen LogP contribution in [-0.2, 0) is 23.8 Å². The van der Waals surface area contributed by atoms with Gasteiger partial charge >= 0.3 is 5.97 Å². The van der Waals surface area contributed by atoms with Crippen LogP contribution in [0.3, 0.4) is 0 Å². The molecule has 1 rings (SSSR count). The van der Waals surface area contributed by atoms with Gasteiger partial charge in [0, 0.05) is 6.42 Å². The number of aliphatic hydroxyl groups excluding tert-OH is 5. The Hall–Kier alpha value is -1.60. The highest BCUT2D eigenvalue weighted by Gasteiger charge is 2.47. The summed E-state index contributed by atoms with van der Waals surface area (Å²) in [7, 11) is 0. The van der Waals surface area contributed by atoms with Crippen molar-refractivity contribution in [2.45, 2.75) is 423 Å². The first-order valence-corrected chi connectivity index (χ1v) is 36.5. The van der Waals surface area contributed by atoms with Gasteiger partial charge in [-0.2, -0.15) is 0 Å². The summed E-state index contributed by atoms with van der Waals surface area (Å²) in [5, 5.41) is 57.2. The molecule has 8 atom stereocenters. The Labute approximate surface area is 512 Å². The van der Waals surface area contributed by atoms with Gasteiger partial charge in [-0.15, -0.1) is 0 Å². The predicted octanol–water partition coefficient (Wildman–Crippen LogP) is 18.6. The van der Waals surface area contributed by atoms with Crippen molar-refractivity contribution in [2.24, 2.45) is 0 Å². The molecule has 6 N–H and O–H groups in total. The third kappa shape index (κ3) is 48.1. The molecule has 0 aliphatic carbocycles. The lowest BCUT2D eigenvalue weighted by Gasteiger charge is -2.41. The number of nitrogens with one attached hydrogen (secondary N) is 1. The maximum Gasteiger partial charge on any atom is 0.306 e. The first-order chi connectivity index (χ1) is 40.7. The molecule has 1 fully saturated rings. The lowest BCUT2D eigenvalue weighted by Crippen LogP contribution is -2.61. The topological polar surface area (TPSA) is 175 Å². The van der Waals surface area contributed by atoms with Crippen LogP contribution in [0.5, 0.6) is 0 Å². The minimum Gasteiger partial charge on any atom is -0.454 e. The van der Waals surface area contributed by atoms with Crippen molar-refractivity contribution in [1.29, 1.82) is 0 Å². The van der Waals surface area contributed by atoms with E-state index in [0.717, 1.165) is 57.8 Å². The van der Waals surface area contributed by atoms with E-state index < -0.39 is 67.4 Å². The van der Waals surface area contributed by atoms with Crippen LogP contribution < -0.4 is 5.32 Å². The zero-order valence-corrected chi connectivity index (χ0v) is 54.9. The summed E-state index contributed by atoms with van der Waals surface area (Å²) in [6.45, 7) is 5.86. The van der Waals surface area contributed by atoms with Crippen LogP contribution in [0.4, 0.5) is 0 Å². The van der Waals surface area contributed by atoms with Crippen molar-refractivity contribution in [2.75, 3.05) is 13.2 Å². The maximum atomic E-state index is 13.5. The molecule has 0 saturated carbocycles. The zero-order chi connectivity index (χ0) is 60.3. The average molecular weight is 1180 g/mol. The van der Waals surface area contributed by atoms with Crippen molar-refractivity contribution >= 4 is 11.9 Å². The van der Waals surface area contributed by atoms with Gasteiger partial charge in [0.1, 0.15) is 24.4 Å². The van der Waals surface area contributed by atoms with Crippen molar-refractivity contribution in [1.82, 2.24) is 5.32 Å². The van der Waals surface area contributed by atoms with Crippen molar-refractivity contribution in [3.05, 3.63) is 12.2 Å². The third-order valence-corrected chi connectivity index (χ3v) is 17.7. The molecule has 1 aliphatic rings. The summed E-state index contributed by atoms with van der Waals surface area (Å²) in [6, 6.07) is -1.02. The number of hydrogen-bond donors (Lipinski definition) is 6. The van der Waals surface area contributed by atoms with Gasteiger partial charge in [0.25, 0.3) is 0 Å². The molecule has 1 amide bonds. The molecule has 11 nitrogen and oxygen atoms in total. The molecule has 1 heterocycles. The van der Waals surface area contributed by atoms with Gasteiger partial charge in [0.2, 0.25) is 5.91 Å². The first kappa shape index (κ1) is 79.4. The smallest absolute Gasteiger partial charge is 0.306 e. The van der Waals surface area contributed by atoms with Crippen LogP contribution in [0.25, 0.3) is 0 Å². The van der Waals surface area contributed by atoms with Gasteiger partial charge in [-0.1, -0.05) is 354 Å². The van der Waals surface area contributed by atoms with Gasteiger partial charge in [-0.05, 0) is 25.7 Å². The van der Waals surface area contributed by atoms with Crippen LogP contribution >= 0.6 is 0 Å². The van der Waals surface area contributed by atoms with Crippen LogP contribution in [-0.4, -0.2) is 99.6 Å². The summed E-state index contributed by atoms with van der Waals surface area (Å²) in [4.78, 5) is 26.7. The second kappa shape index (κ2) is 60.7. The van der Waals surface area contributed by atoms with E-state index in [1.807, 2.05) is 6.08 Å². The van der Waals surface area contributed by atoms with E-state index >= 15 is 0 Å². The van der Waals surface area contributed by atoms with E-state index in [4.69, 9.17) is 14.2 Å². The van der Waals surface area contributed by atoms with Crippen molar-refractivity contribution in [3.8, 4) is 0 Å². The molecule has 11 heteroatoms. The summed E-state index contributed by atoms with van der Waals surface area (Å²) in [5.41, 5.74) is 0. The van der Waals surface area contributed by atoms with E-state index in [2.05, 4.69) is 26.1 Å². The Morgan fingerprint density at radius 1 is 0.458 bits per heavy atom. The van der Waals surface area contributed by atoms with Gasteiger partial charge in [-0.3, -0.25) is 9.59 Å². The second-order valence-electron chi connectivity index (χ2n) is 25.7. The lowest BCUT2D eigenvalue weighted by atomic mass is 9.99. The van der Waals surface area contributed by atoms with Crippen LogP contribution in [0.1, 0.15) is 374 Å². The summed E-state index contributed by atoms with van der Waals surface area (Å²) in [5.74, 6) is -1.17. The molecule has 0 radical (unpaired) electrons.